The Bertz CT molecular complexity index is 1260. The molecule has 2 aromatic rings. The third-order valence-electron chi connectivity index (χ3n) is 8.98. The zero-order chi connectivity index (χ0) is 31.5. The van der Waals surface area contributed by atoms with E-state index in [0.717, 1.165) is 37.7 Å². The van der Waals surface area contributed by atoms with E-state index in [0.29, 0.717) is 40.8 Å². The largest absolute Gasteiger partial charge is 0.328 e. The van der Waals surface area contributed by atoms with Crippen molar-refractivity contribution in [2.75, 3.05) is 5.32 Å². The molecule has 1 unspecified atom stereocenters. The van der Waals surface area contributed by atoms with Crippen molar-refractivity contribution in [2.24, 2.45) is 11.8 Å². The summed E-state index contributed by atoms with van der Waals surface area (Å²) < 4.78 is 26.1. The molecule has 0 radical (unpaired) electrons. The maximum atomic E-state index is 13.4. The summed E-state index contributed by atoms with van der Waals surface area (Å²) in [6, 6.07) is 13.1. The number of sulfone groups is 1. The number of ketones is 1. The number of hydrogen-bond donors (Lipinski definition) is 2. The van der Waals surface area contributed by atoms with Crippen LogP contribution in [0.5, 0.6) is 0 Å². The molecule has 1 fully saturated rings. The third kappa shape index (κ3) is 11.4. The predicted molar refractivity (Wildman–Crippen MR) is 177 cm³/mol. The van der Waals surface area contributed by atoms with Gasteiger partial charge in [0.25, 0.3) is 0 Å². The Morgan fingerprint density at radius 3 is 2.14 bits per heavy atom. The maximum absolute atomic E-state index is 13.4. The topological polar surface area (TPSA) is 92.3 Å². The minimum absolute atomic E-state index is 0.0487. The molecule has 0 saturated heterocycles. The Balaban J connectivity index is 1.60. The first kappa shape index (κ1) is 34.8. The molecule has 0 heterocycles. The smallest absolute Gasteiger partial charge is 0.319 e. The van der Waals surface area contributed by atoms with Gasteiger partial charge in [-0.2, -0.15) is 0 Å². The molecule has 0 spiro atoms. The van der Waals surface area contributed by atoms with Crippen molar-refractivity contribution in [3.05, 3.63) is 59.7 Å². The van der Waals surface area contributed by atoms with Gasteiger partial charge in [-0.3, -0.25) is 4.79 Å². The number of Topliss-reactive ketones (excluding diaryl/α,β-unsaturated/α-hetero) is 1. The van der Waals surface area contributed by atoms with Crippen molar-refractivity contribution in [3.63, 3.8) is 0 Å². The van der Waals surface area contributed by atoms with E-state index < -0.39 is 21.9 Å². The third-order valence-corrected chi connectivity index (χ3v) is 10.7. The highest BCUT2D eigenvalue weighted by Gasteiger charge is 2.26. The first-order chi connectivity index (χ1) is 20.4. The normalized spacial score (nSPS) is 15.9. The van der Waals surface area contributed by atoms with Crippen LogP contribution in [0.1, 0.15) is 123 Å². The molecule has 1 aliphatic rings. The molecule has 2 atom stereocenters. The van der Waals surface area contributed by atoms with E-state index >= 15 is 0 Å². The zero-order valence-electron chi connectivity index (χ0n) is 27.1. The number of carbonyl (C=O) groups is 2. The standard InChI is InChI=1S/C36H54N2O4S/c1-6-8-12-27(7-2)17-24-34(39)33(25-28-13-10-9-11-14-28)38-35(40)37-31-20-15-29(16-21-31)26-43(41,42)32-22-18-30(19-23-32)36(3,4)5/h15-16,18-23,27-28,33H,6-14,17,24-26H2,1-5H3,(H2,37,38,40)/t27?,33-/m0/s1. The number of carbonyl (C=O) groups excluding carboxylic acids is 2. The van der Waals surface area contributed by atoms with Crippen LogP contribution in [0.15, 0.2) is 53.4 Å². The second-order valence-electron chi connectivity index (χ2n) is 13.5. The van der Waals surface area contributed by atoms with Gasteiger partial charge in [0, 0.05) is 12.1 Å². The van der Waals surface area contributed by atoms with Gasteiger partial charge >= 0.3 is 6.03 Å². The number of hydrogen-bond acceptors (Lipinski definition) is 4. The van der Waals surface area contributed by atoms with Crippen molar-refractivity contribution in [1.29, 1.82) is 0 Å². The second kappa shape index (κ2) is 16.4. The summed E-state index contributed by atoms with van der Waals surface area (Å²) in [4.78, 5) is 26.7. The summed E-state index contributed by atoms with van der Waals surface area (Å²) in [5, 5.41) is 5.85. The van der Waals surface area contributed by atoms with Crippen LogP contribution in [-0.2, 0) is 25.8 Å². The molecule has 2 amide bonds. The molecule has 7 heteroatoms. The Morgan fingerprint density at radius 2 is 1.56 bits per heavy atom. The van der Waals surface area contributed by atoms with Crippen LogP contribution in [0.3, 0.4) is 0 Å². The second-order valence-corrected chi connectivity index (χ2v) is 15.5. The average Bonchev–Trinajstić information content (AvgIpc) is 2.98. The highest BCUT2D eigenvalue weighted by atomic mass is 32.2. The van der Waals surface area contributed by atoms with Crippen LogP contribution in [0, 0.1) is 11.8 Å². The van der Waals surface area contributed by atoms with Crippen LogP contribution < -0.4 is 10.6 Å². The number of amides is 2. The van der Waals surface area contributed by atoms with Gasteiger partial charge in [0.1, 0.15) is 0 Å². The number of nitrogens with one attached hydrogen (secondary N) is 2. The van der Waals surface area contributed by atoms with E-state index in [1.54, 1.807) is 36.4 Å². The average molecular weight is 611 g/mol. The molecule has 0 aliphatic heterocycles. The number of anilines is 1. The van der Waals surface area contributed by atoms with Gasteiger partial charge in [0.15, 0.2) is 15.6 Å². The van der Waals surface area contributed by atoms with E-state index in [-0.39, 0.29) is 17.0 Å². The molecular formula is C36H54N2O4S. The molecule has 2 aromatic carbocycles. The van der Waals surface area contributed by atoms with Crippen LogP contribution in [-0.4, -0.2) is 26.3 Å². The van der Waals surface area contributed by atoms with E-state index in [9.17, 15) is 18.0 Å². The fourth-order valence-corrected chi connectivity index (χ4v) is 7.42. The van der Waals surface area contributed by atoms with Gasteiger partial charge in [-0.25, -0.2) is 13.2 Å². The SMILES string of the molecule is CCCCC(CC)CCC(=O)[C@H](CC1CCCCC1)NC(=O)Nc1ccc(CS(=O)(=O)c2ccc(C(C)(C)C)cc2)cc1. The van der Waals surface area contributed by atoms with Gasteiger partial charge in [0.2, 0.25) is 0 Å². The summed E-state index contributed by atoms with van der Waals surface area (Å²) in [5.74, 6) is 1.03. The molecule has 1 saturated carbocycles. The lowest BCUT2D eigenvalue weighted by atomic mass is 9.83. The van der Waals surface area contributed by atoms with E-state index in [4.69, 9.17) is 0 Å². The Morgan fingerprint density at radius 1 is 0.907 bits per heavy atom. The Labute approximate surface area is 260 Å². The molecular weight excluding hydrogens is 556 g/mol. The van der Waals surface area contributed by atoms with Crippen LogP contribution in [0.25, 0.3) is 0 Å². The monoisotopic (exact) mass is 610 g/mol. The van der Waals surface area contributed by atoms with Crippen LogP contribution in [0.2, 0.25) is 0 Å². The fourth-order valence-electron chi connectivity index (χ4n) is 6.07. The number of benzene rings is 2. The summed E-state index contributed by atoms with van der Waals surface area (Å²) >= 11 is 0. The molecule has 6 nitrogen and oxygen atoms in total. The fraction of sp³-hybridized carbons (Fsp3) is 0.611. The minimum Gasteiger partial charge on any atom is -0.328 e. The van der Waals surface area contributed by atoms with Crippen LogP contribution >= 0.6 is 0 Å². The first-order valence-corrected chi connectivity index (χ1v) is 18.1. The Kier molecular flexibility index (Phi) is 13.3. The van der Waals surface area contributed by atoms with E-state index in [1.807, 2.05) is 12.1 Å². The minimum atomic E-state index is -3.51. The Hall–Kier alpha value is -2.67. The molecule has 43 heavy (non-hydrogen) atoms. The summed E-state index contributed by atoms with van der Waals surface area (Å²) in [5.41, 5.74) is 2.24. The van der Waals surface area contributed by atoms with Crippen molar-refractivity contribution >= 4 is 27.3 Å². The lowest BCUT2D eigenvalue weighted by molar-refractivity contribution is -0.121. The van der Waals surface area contributed by atoms with Gasteiger partial charge in [-0.05, 0) is 65.5 Å². The van der Waals surface area contributed by atoms with Gasteiger partial charge in [-0.1, -0.05) is 117 Å². The van der Waals surface area contributed by atoms with Crippen molar-refractivity contribution in [3.8, 4) is 0 Å². The van der Waals surface area contributed by atoms with Gasteiger partial charge < -0.3 is 10.6 Å². The summed E-state index contributed by atoms with van der Waals surface area (Å²) in [6.07, 6.45) is 12.5. The molecule has 0 bridgehead atoms. The van der Waals surface area contributed by atoms with Crippen molar-refractivity contribution < 1.29 is 18.0 Å². The number of rotatable bonds is 15. The van der Waals surface area contributed by atoms with E-state index in [2.05, 4.69) is 45.3 Å². The molecule has 2 N–H and O–H groups in total. The molecule has 0 aromatic heterocycles. The van der Waals surface area contributed by atoms with Gasteiger partial charge in [-0.15, -0.1) is 0 Å². The van der Waals surface area contributed by atoms with Crippen molar-refractivity contribution in [2.45, 2.75) is 134 Å². The summed E-state index contributed by atoms with van der Waals surface area (Å²) in [7, 11) is -3.51. The molecule has 3 rings (SSSR count). The summed E-state index contributed by atoms with van der Waals surface area (Å²) in [6.45, 7) is 10.7. The lowest BCUT2D eigenvalue weighted by Crippen LogP contribution is -2.44. The molecule has 1 aliphatic carbocycles. The number of urea groups is 1. The quantitative estimate of drug-likeness (QED) is 0.210. The maximum Gasteiger partial charge on any atom is 0.319 e. The van der Waals surface area contributed by atoms with E-state index in [1.165, 1.54) is 32.1 Å². The van der Waals surface area contributed by atoms with Crippen molar-refractivity contribution in [1.82, 2.24) is 5.32 Å². The van der Waals surface area contributed by atoms with Crippen LogP contribution in [0.4, 0.5) is 10.5 Å². The van der Waals surface area contributed by atoms with Gasteiger partial charge in [0.05, 0.1) is 16.7 Å². The first-order valence-electron chi connectivity index (χ1n) is 16.4. The molecule has 238 valence electrons. The zero-order valence-corrected chi connectivity index (χ0v) is 27.9. The lowest BCUT2D eigenvalue weighted by Gasteiger charge is -2.27. The predicted octanol–water partition coefficient (Wildman–Crippen LogP) is 8.98. The highest BCUT2D eigenvalue weighted by molar-refractivity contribution is 7.90. The number of unbranched alkanes of at least 4 members (excludes halogenated alkanes) is 1. The highest BCUT2D eigenvalue weighted by Crippen LogP contribution is 2.29.